The van der Waals surface area contributed by atoms with Crippen LogP contribution in [0.2, 0.25) is 5.02 Å². The number of benzene rings is 1. The fourth-order valence-corrected chi connectivity index (χ4v) is 5.06. The summed E-state index contributed by atoms with van der Waals surface area (Å²) >= 11 is 6.47. The number of esters is 1. The molecule has 1 aromatic rings. The lowest BCUT2D eigenvalue weighted by molar-refractivity contribution is -0.769. The van der Waals surface area contributed by atoms with Crippen molar-refractivity contribution in [3.05, 3.63) is 67.5 Å². The second-order valence-corrected chi connectivity index (χ2v) is 8.71. The van der Waals surface area contributed by atoms with Crippen molar-refractivity contribution in [1.82, 2.24) is 5.32 Å². The van der Waals surface area contributed by atoms with Crippen LogP contribution in [0.25, 0.3) is 0 Å². The highest BCUT2D eigenvalue weighted by Gasteiger charge is 2.62. The summed E-state index contributed by atoms with van der Waals surface area (Å²) in [6.07, 6.45) is -3.31. The maximum Gasteiger partial charge on any atom is 0.336 e. The Hall–Kier alpha value is -2.99. The van der Waals surface area contributed by atoms with Crippen LogP contribution < -0.4 is 5.32 Å². The van der Waals surface area contributed by atoms with Gasteiger partial charge in [-0.25, -0.2) is 4.79 Å². The molecule has 0 amide bonds. The molecule has 3 aliphatic rings. The van der Waals surface area contributed by atoms with Crippen LogP contribution >= 0.6 is 11.6 Å². The number of carbonyl (C=O) groups is 2. The largest absolute Gasteiger partial charge is 0.466 e. The SMILES string of the molecule is COC(=O)C1=C(C)NC(C)=C(C(=O)[C@]2(O)CO[C@@H]3[C@H](O[N+](=O)[O-])CO[C@@H]32)C1c1ccccc1Cl. The Bertz CT molecular complexity index is 1120. The van der Waals surface area contributed by atoms with Crippen LogP contribution in [-0.4, -0.2) is 66.2 Å². The number of nitrogens with zero attached hydrogens (tertiary/aromatic N) is 1. The molecule has 11 nitrogen and oxygen atoms in total. The lowest BCUT2D eigenvalue weighted by Crippen LogP contribution is -2.53. The van der Waals surface area contributed by atoms with E-state index in [1.54, 1.807) is 38.1 Å². The van der Waals surface area contributed by atoms with Crippen molar-refractivity contribution in [3.8, 4) is 0 Å². The van der Waals surface area contributed by atoms with Crippen LogP contribution in [0.15, 0.2) is 46.8 Å². The molecule has 2 fully saturated rings. The molecule has 0 aliphatic carbocycles. The lowest BCUT2D eigenvalue weighted by Gasteiger charge is -2.35. The Morgan fingerprint density at radius 2 is 1.91 bits per heavy atom. The maximum absolute atomic E-state index is 14.0. The molecule has 12 heteroatoms. The van der Waals surface area contributed by atoms with E-state index < -0.39 is 53.3 Å². The van der Waals surface area contributed by atoms with E-state index in [2.05, 4.69) is 10.2 Å². The van der Waals surface area contributed by atoms with Gasteiger partial charge in [-0.2, -0.15) is 0 Å². The van der Waals surface area contributed by atoms with Gasteiger partial charge in [0.1, 0.15) is 12.2 Å². The highest BCUT2D eigenvalue weighted by molar-refractivity contribution is 6.31. The molecule has 3 aliphatic heterocycles. The molecule has 3 heterocycles. The summed E-state index contributed by atoms with van der Waals surface area (Å²) in [5.41, 5.74) is -0.612. The summed E-state index contributed by atoms with van der Waals surface area (Å²) in [5.74, 6) is -2.38. The van der Waals surface area contributed by atoms with Gasteiger partial charge in [0.25, 0.3) is 5.09 Å². The molecule has 4 rings (SSSR count). The second-order valence-electron chi connectivity index (χ2n) is 8.30. The molecule has 0 aromatic heterocycles. The van der Waals surface area contributed by atoms with Crippen LogP contribution in [0.5, 0.6) is 0 Å². The first-order valence-electron chi connectivity index (χ1n) is 10.4. The molecule has 1 unspecified atom stereocenters. The quantitative estimate of drug-likeness (QED) is 0.338. The van der Waals surface area contributed by atoms with Gasteiger partial charge >= 0.3 is 5.97 Å². The van der Waals surface area contributed by atoms with Gasteiger partial charge in [-0.1, -0.05) is 29.8 Å². The first-order chi connectivity index (χ1) is 16.1. The van der Waals surface area contributed by atoms with Crippen LogP contribution in [0.1, 0.15) is 25.3 Å². The normalized spacial score (nSPS) is 30.6. The number of hydrogen-bond donors (Lipinski definition) is 2. The van der Waals surface area contributed by atoms with E-state index in [0.29, 0.717) is 22.0 Å². The molecule has 2 saturated heterocycles. The molecule has 2 N–H and O–H groups in total. The van der Waals surface area contributed by atoms with Crippen molar-refractivity contribution in [2.75, 3.05) is 20.3 Å². The third-order valence-electron chi connectivity index (χ3n) is 6.31. The van der Waals surface area contributed by atoms with Gasteiger partial charge in [-0.15, -0.1) is 10.1 Å². The van der Waals surface area contributed by atoms with Gasteiger partial charge in [0.15, 0.2) is 17.5 Å². The van der Waals surface area contributed by atoms with Crippen molar-refractivity contribution < 1.29 is 38.8 Å². The van der Waals surface area contributed by atoms with Gasteiger partial charge in [-0.3, -0.25) is 4.79 Å². The van der Waals surface area contributed by atoms with Crippen molar-refractivity contribution in [1.29, 1.82) is 0 Å². The number of rotatable bonds is 6. The first kappa shape index (κ1) is 24.1. The number of nitrogens with one attached hydrogen (secondary N) is 1. The summed E-state index contributed by atoms with van der Waals surface area (Å²) in [5, 5.41) is 24.6. The Kier molecular flexibility index (Phi) is 6.38. The number of carbonyl (C=O) groups excluding carboxylic acids is 2. The fraction of sp³-hybridized carbons (Fsp3) is 0.455. The van der Waals surface area contributed by atoms with Gasteiger partial charge in [0, 0.05) is 27.9 Å². The molecular weight excluding hydrogens is 472 g/mol. The minimum absolute atomic E-state index is 0.0769. The number of dihydropyridines is 1. The Balaban J connectivity index is 1.78. The predicted molar refractivity (Wildman–Crippen MR) is 116 cm³/mol. The summed E-state index contributed by atoms with van der Waals surface area (Å²) in [6, 6.07) is 6.74. The maximum atomic E-state index is 14.0. The molecule has 182 valence electrons. The zero-order chi connectivity index (χ0) is 24.8. The van der Waals surface area contributed by atoms with Crippen LogP contribution in [0.3, 0.4) is 0 Å². The minimum atomic E-state index is -2.18. The number of methoxy groups -OCH3 is 1. The third kappa shape index (κ3) is 3.84. The van der Waals surface area contributed by atoms with Crippen molar-refractivity contribution >= 4 is 23.4 Å². The topological polar surface area (TPSA) is 146 Å². The monoisotopic (exact) mass is 494 g/mol. The molecule has 0 bridgehead atoms. The zero-order valence-corrected chi connectivity index (χ0v) is 19.3. The standard InChI is InChI=1S/C22H23ClN2O9/c1-10-15(19(26)22(28)9-33-18-14(34-25(29)30)8-32-20(18)22)17(12-6-4-5-7-13(12)23)16(11(2)24-10)21(27)31-3/h4-7,14,17-18,20,24,28H,8-9H2,1-3H3/t14-,17?,18-,20+,22-/m1/s1. The van der Waals surface area contributed by atoms with Crippen LogP contribution in [0, 0.1) is 10.1 Å². The summed E-state index contributed by atoms with van der Waals surface area (Å²) in [4.78, 5) is 42.1. The number of fused-ring (bicyclic) bond motifs is 1. The number of allylic oxidation sites excluding steroid dienone is 2. The highest BCUT2D eigenvalue weighted by atomic mass is 35.5. The lowest BCUT2D eigenvalue weighted by atomic mass is 9.74. The third-order valence-corrected chi connectivity index (χ3v) is 6.66. The summed E-state index contributed by atoms with van der Waals surface area (Å²) in [6.45, 7) is 2.60. The van der Waals surface area contributed by atoms with E-state index in [1.807, 2.05) is 0 Å². The zero-order valence-electron chi connectivity index (χ0n) is 18.6. The van der Waals surface area contributed by atoms with Crippen molar-refractivity contribution in [3.63, 3.8) is 0 Å². The Morgan fingerprint density at radius 1 is 1.24 bits per heavy atom. The average Bonchev–Trinajstić information content (AvgIpc) is 3.34. The minimum Gasteiger partial charge on any atom is -0.466 e. The number of ether oxygens (including phenoxy) is 3. The van der Waals surface area contributed by atoms with E-state index >= 15 is 0 Å². The number of Topliss-reactive ketones (excluding diaryl/α,β-unsaturated/α-hetero) is 1. The highest BCUT2D eigenvalue weighted by Crippen LogP contribution is 2.45. The van der Waals surface area contributed by atoms with Crippen LogP contribution in [-0.2, 0) is 28.6 Å². The second kappa shape index (κ2) is 8.99. The van der Waals surface area contributed by atoms with Gasteiger partial charge in [-0.05, 0) is 25.5 Å². The molecule has 5 atom stereocenters. The average molecular weight is 495 g/mol. The molecule has 34 heavy (non-hydrogen) atoms. The van der Waals surface area contributed by atoms with Crippen molar-refractivity contribution in [2.24, 2.45) is 0 Å². The number of hydrogen-bond acceptors (Lipinski definition) is 10. The summed E-state index contributed by atoms with van der Waals surface area (Å²) in [7, 11) is 1.23. The van der Waals surface area contributed by atoms with Gasteiger partial charge in [0.05, 0.1) is 25.9 Å². The predicted octanol–water partition coefficient (Wildman–Crippen LogP) is 1.42. The molecule has 0 saturated carbocycles. The van der Waals surface area contributed by atoms with Crippen LogP contribution in [0.4, 0.5) is 0 Å². The molecule has 0 spiro atoms. The van der Waals surface area contributed by atoms with E-state index in [4.69, 9.17) is 25.8 Å². The molecule has 1 aromatic carbocycles. The van der Waals surface area contributed by atoms with E-state index in [-0.39, 0.29) is 17.8 Å². The van der Waals surface area contributed by atoms with E-state index in [9.17, 15) is 24.8 Å². The Morgan fingerprint density at radius 3 is 2.56 bits per heavy atom. The van der Waals surface area contributed by atoms with E-state index in [0.717, 1.165) is 0 Å². The van der Waals surface area contributed by atoms with Gasteiger partial charge in [0.2, 0.25) is 0 Å². The van der Waals surface area contributed by atoms with E-state index in [1.165, 1.54) is 7.11 Å². The molecular formula is C22H23ClN2O9. The van der Waals surface area contributed by atoms with Gasteiger partial charge < -0.3 is 29.5 Å². The number of ketones is 1. The number of halogens is 1. The Labute approximate surface area is 199 Å². The number of aliphatic hydroxyl groups is 1. The fourth-order valence-electron chi connectivity index (χ4n) is 4.82. The summed E-state index contributed by atoms with van der Waals surface area (Å²) < 4.78 is 16.1. The molecule has 0 radical (unpaired) electrons. The smallest absolute Gasteiger partial charge is 0.336 e. The van der Waals surface area contributed by atoms with Crippen molar-refractivity contribution in [2.45, 2.75) is 43.7 Å². The first-order valence-corrected chi connectivity index (χ1v) is 10.8.